The number of carbonyl (C=O) groups excluding carboxylic acids is 1. The van der Waals surface area contributed by atoms with Gasteiger partial charge >= 0.3 is 0 Å². The Kier molecular flexibility index (Phi) is 6.48. The molecule has 2 aromatic carbocycles. The third kappa shape index (κ3) is 4.55. The highest BCUT2D eigenvalue weighted by Gasteiger charge is 2.20. The zero-order valence-corrected chi connectivity index (χ0v) is 19.2. The van der Waals surface area contributed by atoms with Gasteiger partial charge in [0, 0.05) is 22.0 Å². The molecular formula is C23H19BrN4O2S. The first-order valence-corrected chi connectivity index (χ1v) is 11.3. The number of allylic oxidation sites excluding steroid dienone is 1. The van der Waals surface area contributed by atoms with Gasteiger partial charge in [0.05, 0.1) is 23.9 Å². The predicted octanol–water partition coefficient (Wildman–Crippen LogP) is 5.43. The number of benzene rings is 2. The van der Waals surface area contributed by atoms with E-state index in [-0.39, 0.29) is 11.5 Å². The number of hydrogen-bond acceptors (Lipinski definition) is 6. The van der Waals surface area contributed by atoms with E-state index < -0.39 is 0 Å². The van der Waals surface area contributed by atoms with Gasteiger partial charge in [-0.25, -0.2) is 4.98 Å². The van der Waals surface area contributed by atoms with Gasteiger partial charge in [0.2, 0.25) is 5.88 Å². The number of ketones is 1. The number of pyridine rings is 1. The van der Waals surface area contributed by atoms with Crippen LogP contribution in [0.15, 0.2) is 76.9 Å². The third-order valence-corrected chi connectivity index (χ3v) is 6.15. The summed E-state index contributed by atoms with van der Waals surface area (Å²) in [6.45, 7) is 4.34. The molecule has 6 nitrogen and oxygen atoms in total. The zero-order valence-electron chi connectivity index (χ0n) is 16.8. The lowest BCUT2D eigenvalue weighted by atomic mass is 10.1. The summed E-state index contributed by atoms with van der Waals surface area (Å²) in [5, 5.41) is 10.3. The number of ether oxygens (including phenoxy) is 1. The predicted molar refractivity (Wildman–Crippen MR) is 127 cm³/mol. The Morgan fingerprint density at radius 1 is 1.19 bits per heavy atom. The molecule has 0 saturated carbocycles. The van der Waals surface area contributed by atoms with Crippen molar-refractivity contribution in [3.05, 3.63) is 77.3 Å². The lowest BCUT2D eigenvalue weighted by Gasteiger charge is -2.11. The first-order chi connectivity index (χ1) is 15.1. The summed E-state index contributed by atoms with van der Waals surface area (Å²) in [6.07, 6.45) is 1.77. The minimum absolute atomic E-state index is 0.0251. The molecule has 2 heterocycles. The summed E-state index contributed by atoms with van der Waals surface area (Å²) < 4.78 is 8.39. The smallest absolute Gasteiger partial charge is 0.224 e. The van der Waals surface area contributed by atoms with Crippen molar-refractivity contribution < 1.29 is 9.53 Å². The van der Waals surface area contributed by atoms with Gasteiger partial charge in [-0.2, -0.15) is 0 Å². The van der Waals surface area contributed by atoms with Crippen molar-refractivity contribution in [1.82, 2.24) is 19.7 Å². The molecular weight excluding hydrogens is 476 g/mol. The maximum atomic E-state index is 12.6. The number of nitrogens with zero attached hydrogens (tertiary/aromatic N) is 4. The molecule has 4 aromatic rings. The van der Waals surface area contributed by atoms with Crippen molar-refractivity contribution in [3.63, 3.8) is 0 Å². The quantitative estimate of drug-likeness (QED) is 0.185. The van der Waals surface area contributed by atoms with Gasteiger partial charge in [-0.15, -0.1) is 16.8 Å². The molecule has 4 rings (SSSR count). The minimum Gasteiger partial charge on any atom is -0.480 e. The Hall–Kier alpha value is -2.97. The second-order valence-electron chi connectivity index (χ2n) is 6.66. The molecule has 0 N–H and O–H groups in total. The van der Waals surface area contributed by atoms with Crippen LogP contribution in [-0.2, 0) is 6.54 Å². The van der Waals surface area contributed by atoms with Gasteiger partial charge < -0.3 is 4.74 Å². The number of hydrogen-bond donors (Lipinski definition) is 0. The summed E-state index contributed by atoms with van der Waals surface area (Å²) in [7, 11) is 1.58. The van der Waals surface area contributed by atoms with Crippen LogP contribution in [0.3, 0.4) is 0 Å². The number of aromatic nitrogens is 4. The van der Waals surface area contributed by atoms with Gasteiger partial charge in [-0.05, 0) is 24.3 Å². The Labute approximate surface area is 192 Å². The minimum atomic E-state index is 0.0251. The van der Waals surface area contributed by atoms with Crippen LogP contribution >= 0.6 is 27.7 Å². The van der Waals surface area contributed by atoms with Crippen LogP contribution in [0.5, 0.6) is 5.88 Å². The number of thioether (sulfide) groups is 1. The summed E-state index contributed by atoms with van der Waals surface area (Å²) in [5.41, 5.74) is 2.24. The molecule has 0 atom stereocenters. The molecule has 0 aliphatic rings. The Morgan fingerprint density at radius 3 is 2.71 bits per heavy atom. The van der Waals surface area contributed by atoms with Gasteiger partial charge in [0.1, 0.15) is 0 Å². The molecule has 31 heavy (non-hydrogen) atoms. The average Bonchev–Trinajstić information content (AvgIpc) is 3.19. The Balaban J connectivity index is 1.66. The maximum absolute atomic E-state index is 12.6. The van der Waals surface area contributed by atoms with Crippen molar-refractivity contribution in [2.24, 2.45) is 0 Å². The van der Waals surface area contributed by atoms with Crippen molar-refractivity contribution in [2.75, 3.05) is 12.9 Å². The van der Waals surface area contributed by atoms with E-state index in [1.54, 1.807) is 25.3 Å². The van der Waals surface area contributed by atoms with E-state index in [1.165, 1.54) is 11.8 Å². The molecule has 0 spiro atoms. The van der Waals surface area contributed by atoms with E-state index in [9.17, 15) is 4.79 Å². The van der Waals surface area contributed by atoms with Crippen molar-refractivity contribution in [3.8, 4) is 17.3 Å². The molecule has 0 aliphatic carbocycles. The highest BCUT2D eigenvalue weighted by molar-refractivity contribution is 9.10. The molecule has 0 saturated heterocycles. The Bertz CT molecular complexity index is 1250. The SMILES string of the molecule is C=CCn1c(SCC(=O)c2ccc(Br)cc2)nnc1-c1cc2ccccc2nc1OC. The highest BCUT2D eigenvalue weighted by Crippen LogP contribution is 2.32. The number of methoxy groups -OCH3 is 1. The molecule has 0 radical (unpaired) electrons. The highest BCUT2D eigenvalue weighted by atomic mass is 79.9. The fourth-order valence-corrected chi connectivity index (χ4v) is 4.26. The molecule has 0 unspecified atom stereocenters. The van der Waals surface area contributed by atoms with Crippen LogP contribution in [0.1, 0.15) is 10.4 Å². The molecule has 156 valence electrons. The average molecular weight is 495 g/mol. The number of para-hydroxylation sites is 1. The number of rotatable bonds is 8. The van der Waals surface area contributed by atoms with E-state index >= 15 is 0 Å². The van der Waals surface area contributed by atoms with Gasteiger partial charge in [0.25, 0.3) is 0 Å². The molecule has 8 heteroatoms. The fraction of sp³-hybridized carbons (Fsp3) is 0.130. The van der Waals surface area contributed by atoms with Crippen LogP contribution < -0.4 is 4.74 Å². The van der Waals surface area contributed by atoms with Crippen molar-refractivity contribution >= 4 is 44.4 Å². The van der Waals surface area contributed by atoms with Crippen LogP contribution in [0.25, 0.3) is 22.3 Å². The van der Waals surface area contributed by atoms with Crippen LogP contribution in [-0.4, -0.2) is 38.4 Å². The maximum Gasteiger partial charge on any atom is 0.224 e. The molecule has 0 amide bonds. The lowest BCUT2D eigenvalue weighted by Crippen LogP contribution is -2.06. The van der Waals surface area contributed by atoms with Gasteiger partial charge in [0.15, 0.2) is 16.8 Å². The van der Waals surface area contributed by atoms with Crippen molar-refractivity contribution in [1.29, 1.82) is 0 Å². The molecule has 2 aromatic heterocycles. The first kappa shape index (κ1) is 21.3. The van der Waals surface area contributed by atoms with Gasteiger partial charge in [-0.3, -0.25) is 9.36 Å². The second kappa shape index (κ2) is 9.45. The van der Waals surface area contributed by atoms with E-state index in [1.807, 2.05) is 47.0 Å². The zero-order chi connectivity index (χ0) is 21.8. The third-order valence-electron chi connectivity index (χ3n) is 4.65. The molecule has 0 fully saturated rings. The largest absolute Gasteiger partial charge is 0.480 e. The second-order valence-corrected chi connectivity index (χ2v) is 8.52. The van der Waals surface area contributed by atoms with E-state index in [4.69, 9.17) is 4.74 Å². The standard InChI is InChI=1S/C23H19BrN4O2S/c1-3-12-28-21(18-13-16-6-4-5-7-19(16)25-22(18)30-2)26-27-23(28)31-14-20(29)15-8-10-17(24)11-9-15/h3-11,13H,1,12,14H2,2H3. The monoisotopic (exact) mass is 494 g/mol. The van der Waals surface area contributed by atoms with Crippen LogP contribution in [0.2, 0.25) is 0 Å². The van der Waals surface area contributed by atoms with Crippen molar-refractivity contribution in [2.45, 2.75) is 11.7 Å². The van der Waals surface area contributed by atoms with Crippen LogP contribution in [0.4, 0.5) is 0 Å². The molecule has 0 bridgehead atoms. The number of fused-ring (bicyclic) bond motifs is 1. The number of Topliss-reactive ketones (excluding diaryl/α,β-unsaturated/α-hetero) is 1. The van der Waals surface area contributed by atoms with E-state index in [2.05, 4.69) is 37.7 Å². The first-order valence-electron chi connectivity index (χ1n) is 9.50. The topological polar surface area (TPSA) is 69.9 Å². The summed E-state index contributed by atoms with van der Waals surface area (Å²) in [4.78, 5) is 17.2. The number of carbonyl (C=O) groups is 1. The molecule has 0 aliphatic heterocycles. The lowest BCUT2D eigenvalue weighted by molar-refractivity contribution is 0.102. The van der Waals surface area contributed by atoms with Crippen LogP contribution in [0, 0.1) is 0 Å². The number of halogens is 1. The van der Waals surface area contributed by atoms with E-state index in [0.717, 1.165) is 20.9 Å². The summed E-state index contributed by atoms with van der Waals surface area (Å²) in [5.74, 6) is 1.37. The summed E-state index contributed by atoms with van der Waals surface area (Å²) >= 11 is 4.73. The van der Waals surface area contributed by atoms with Gasteiger partial charge in [-0.1, -0.05) is 64.1 Å². The normalized spacial score (nSPS) is 10.9. The fourth-order valence-electron chi connectivity index (χ4n) is 3.15. The summed E-state index contributed by atoms with van der Waals surface area (Å²) in [6, 6.07) is 17.1. The van der Waals surface area contributed by atoms with E-state index in [0.29, 0.717) is 29.0 Å². The Morgan fingerprint density at radius 2 is 1.97 bits per heavy atom.